The van der Waals surface area contributed by atoms with Crippen molar-refractivity contribution in [1.82, 2.24) is 20.4 Å². The van der Waals surface area contributed by atoms with Gasteiger partial charge in [0.05, 0.1) is 31.1 Å². The Balaban J connectivity index is 1.31. The zero-order valence-corrected chi connectivity index (χ0v) is 17.2. The number of amidine groups is 1. The second-order valence-electron chi connectivity index (χ2n) is 7.49. The van der Waals surface area contributed by atoms with Gasteiger partial charge in [-0.1, -0.05) is 24.3 Å². The van der Waals surface area contributed by atoms with Gasteiger partial charge in [-0.15, -0.1) is 0 Å². The second kappa shape index (κ2) is 10.7. The number of carbonyl (C=O) groups is 2. The molecule has 1 fully saturated rings. The van der Waals surface area contributed by atoms with Gasteiger partial charge in [0.25, 0.3) is 11.8 Å². The van der Waals surface area contributed by atoms with Crippen molar-refractivity contribution in [2.24, 2.45) is 4.99 Å². The van der Waals surface area contributed by atoms with Crippen LogP contribution < -0.4 is 10.6 Å². The summed E-state index contributed by atoms with van der Waals surface area (Å²) >= 11 is 0. The van der Waals surface area contributed by atoms with Gasteiger partial charge in [0.1, 0.15) is 0 Å². The number of carbonyl (C=O) groups excluding carboxylic acids is 2. The van der Waals surface area contributed by atoms with Crippen LogP contribution in [0.2, 0.25) is 0 Å². The van der Waals surface area contributed by atoms with E-state index in [9.17, 15) is 19.8 Å². The third kappa shape index (κ3) is 5.45. The van der Waals surface area contributed by atoms with Gasteiger partial charge in [-0.3, -0.25) is 14.6 Å². The van der Waals surface area contributed by atoms with E-state index in [1.807, 2.05) is 19.1 Å². The molecule has 0 radical (unpaired) electrons. The van der Waals surface area contributed by atoms with Crippen LogP contribution in [0, 0.1) is 0 Å². The number of aliphatic hydroxyl groups is 2. The first-order chi connectivity index (χ1) is 14.5. The van der Waals surface area contributed by atoms with Gasteiger partial charge in [-0.25, -0.2) is 0 Å². The average Bonchev–Trinajstić information content (AvgIpc) is 3.10. The number of aliphatic imine (C=N–C) groups is 1. The number of piperazine rings is 1. The third-order valence-electron chi connectivity index (χ3n) is 5.46. The van der Waals surface area contributed by atoms with Crippen molar-refractivity contribution in [3.8, 4) is 0 Å². The van der Waals surface area contributed by atoms with Crippen LogP contribution in [0.5, 0.6) is 0 Å². The van der Waals surface area contributed by atoms with Crippen LogP contribution in [0.4, 0.5) is 0 Å². The van der Waals surface area contributed by atoms with Crippen LogP contribution in [-0.4, -0.2) is 114 Å². The molecule has 1 aliphatic carbocycles. The Morgan fingerprint density at radius 1 is 1.23 bits per heavy atom. The molecule has 2 heterocycles. The average molecular weight is 421 g/mol. The van der Waals surface area contributed by atoms with E-state index in [0.717, 1.165) is 5.84 Å². The minimum absolute atomic E-state index is 0.158. The van der Waals surface area contributed by atoms with Gasteiger partial charge in [0.2, 0.25) is 0 Å². The van der Waals surface area contributed by atoms with E-state index in [4.69, 9.17) is 4.74 Å². The zero-order chi connectivity index (χ0) is 21.5. The molecular weight excluding hydrogens is 390 g/mol. The van der Waals surface area contributed by atoms with Crippen molar-refractivity contribution in [2.45, 2.75) is 31.2 Å². The molecule has 2 unspecified atom stereocenters. The number of amides is 2. The maximum atomic E-state index is 12.2. The number of hydrogen-bond acceptors (Lipinski definition) is 8. The smallest absolute Gasteiger partial charge is 0.254 e. The van der Waals surface area contributed by atoms with Crippen LogP contribution in [0.1, 0.15) is 6.92 Å². The maximum absolute atomic E-state index is 12.2. The lowest BCUT2D eigenvalue weighted by Gasteiger charge is -2.30. The Morgan fingerprint density at radius 3 is 2.73 bits per heavy atom. The van der Waals surface area contributed by atoms with Gasteiger partial charge in [0.15, 0.2) is 12.2 Å². The lowest BCUT2D eigenvalue weighted by atomic mass is 10.0. The molecule has 2 amide bonds. The first-order valence-corrected chi connectivity index (χ1v) is 10.4. The van der Waals surface area contributed by atoms with Crippen molar-refractivity contribution in [3.05, 3.63) is 24.3 Å². The molecule has 0 spiro atoms. The quantitative estimate of drug-likeness (QED) is 0.313. The zero-order valence-electron chi connectivity index (χ0n) is 17.2. The van der Waals surface area contributed by atoms with E-state index in [1.165, 1.54) is 4.90 Å². The molecule has 0 aromatic heterocycles. The van der Waals surface area contributed by atoms with Gasteiger partial charge in [0, 0.05) is 39.3 Å². The van der Waals surface area contributed by atoms with Crippen molar-refractivity contribution >= 4 is 17.6 Å². The Morgan fingerprint density at radius 2 is 1.97 bits per heavy atom. The number of nitrogens with one attached hydrogen (secondary N) is 2. The van der Waals surface area contributed by atoms with Crippen molar-refractivity contribution in [3.63, 3.8) is 0 Å². The van der Waals surface area contributed by atoms with Crippen molar-refractivity contribution < 1.29 is 24.5 Å². The van der Waals surface area contributed by atoms with Gasteiger partial charge >= 0.3 is 0 Å². The summed E-state index contributed by atoms with van der Waals surface area (Å²) in [6.45, 7) is 5.68. The van der Waals surface area contributed by atoms with E-state index in [-0.39, 0.29) is 25.2 Å². The van der Waals surface area contributed by atoms with Crippen LogP contribution in [0.25, 0.3) is 0 Å². The molecule has 166 valence electrons. The fourth-order valence-electron chi connectivity index (χ4n) is 3.77. The number of hydrogen-bond donors (Lipinski definition) is 4. The van der Waals surface area contributed by atoms with E-state index in [2.05, 4.69) is 32.7 Å². The first-order valence-electron chi connectivity index (χ1n) is 10.4. The largest absolute Gasteiger partial charge is 0.380 e. The topological polar surface area (TPSA) is 127 Å². The number of allylic oxidation sites excluding steroid dienone is 2. The van der Waals surface area contributed by atoms with E-state index < -0.39 is 24.0 Å². The summed E-state index contributed by atoms with van der Waals surface area (Å²) in [6.07, 6.45) is 4.65. The highest BCUT2D eigenvalue weighted by atomic mass is 16.5. The molecule has 3 rings (SSSR count). The number of fused-ring (bicyclic) bond motifs is 1. The minimum Gasteiger partial charge on any atom is -0.380 e. The highest BCUT2D eigenvalue weighted by Crippen LogP contribution is 2.22. The Labute approximate surface area is 176 Å². The number of ether oxygens (including phenoxy) is 1. The molecule has 10 heteroatoms. The van der Waals surface area contributed by atoms with E-state index >= 15 is 0 Å². The van der Waals surface area contributed by atoms with E-state index in [0.29, 0.717) is 39.3 Å². The highest BCUT2D eigenvalue weighted by Gasteiger charge is 2.34. The molecule has 4 N–H and O–H groups in total. The van der Waals surface area contributed by atoms with Crippen molar-refractivity contribution in [2.75, 3.05) is 52.5 Å². The fraction of sp³-hybridized carbons (Fsp3) is 0.650. The lowest BCUT2D eigenvalue weighted by molar-refractivity contribution is -0.153. The minimum atomic E-state index is -1.81. The SMILES string of the molecule is CC1=NC2C=CC=CC2N1CCOCCNC(=O)[C@H](O)[C@@H](O)C(=O)N1CCNCC1. The second-order valence-corrected chi connectivity index (χ2v) is 7.49. The molecule has 2 aliphatic heterocycles. The summed E-state index contributed by atoms with van der Waals surface area (Å²) in [5, 5.41) is 25.6. The molecule has 0 aromatic carbocycles. The number of nitrogens with zero attached hydrogens (tertiary/aromatic N) is 3. The monoisotopic (exact) mass is 421 g/mol. The summed E-state index contributed by atoms with van der Waals surface area (Å²) in [6, 6.07) is 0.384. The maximum Gasteiger partial charge on any atom is 0.254 e. The van der Waals surface area contributed by atoms with Crippen LogP contribution in [0.15, 0.2) is 29.3 Å². The standard InChI is InChI=1S/C20H31N5O5/c1-14-23-15-4-2-3-5-16(15)25(14)11-13-30-12-8-22-19(28)17(26)18(27)20(29)24-9-6-21-7-10-24/h2-5,15-18,21,26-27H,6-13H2,1H3,(H,22,28)/t15?,16?,17-,18-/m1/s1. The van der Waals surface area contributed by atoms with E-state index in [1.54, 1.807) is 0 Å². The Bertz CT molecular complexity index is 704. The van der Waals surface area contributed by atoms with Crippen LogP contribution in [-0.2, 0) is 14.3 Å². The summed E-state index contributed by atoms with van der Waals surface area (Å²) in [7, 11) is 0. The summed E-state index contributed by atoms with van der Waals surface area (Å²) in [5.41, 5.74) is 0. The molecule has 0 bridgehead atoms. The predicted octanol–water partition coefficient (Wildman–Crippen LogP) is -2.13. The molecule has 30 heavy (non-hydrogen) atoms. The summed E-state index contributed by atoms with van der Waals surface area (Å²) in [4.78, 5) is 32.4. The molecule has 10 nitrogen and oxygen atoms in total. The molecule has 3 aliphatic rings. The lowest BCUT2D eigenvalue weighted by Crippen LogP contribution is -2.55. The van der Waals surface area contributed by atoms with Gasteiger partial charge in [-0.2, -0.15) is 0 Å². The first kappa shape index (κ1) is 22.4. The summed E-state index contributed by atoms with van der Waals surface area (Å²) in [5.74, 6) is -0.452. The number of rotatable bonds is 9. The highest BCUT2D eigenvalue weighted by molar-refractivity contribution is 5.90. The Hall–Kier alpha value is -2.27. The van der Waals surface area contributed by atoms with Crippen LogP contribution >= 0.6 is 0 Å². The fourth-order valence-corrected chi connectivity index (χ4v) is 3.77. The molecule has 1 saturated heterocycles. The third-order valence-corrected chi connectivity index (χ3v) is 5.46. The molecule has 0 saturated carbocycles. The Kier molecular flexibility index (Phi) is 7.97. The molecule has 4 atom stereocenters. The van der Waals surface area contributed by atoms with Crippen LogP contribution in [0.3, 0.4) is 0 Å². The summed E-state index contributed by atoms with van der Waals surface area (Å²) < 4.78 is 5.58. The van der Waals surface area contributed by atoms with Crippen molar-refractivity contribution in [1.29, 1.82) is 0 Å². The normalized spacial score (nSPS) is 25.0. The molecular formula is C20H31N5O5. The number of aliphatic hydroxyl groups excluding tert-OH is 2. The molecule has 0 aromatic rings. The van der Waals surface area contributed by atoms with Gasteiger partial charge in [-0.05, 0) is 6.92 Å². The predicted molar refractivity (Wildman–Crippen MR) is 111 cm³/mol. The van der Waals surface area contributed by atoms with Gasteiger partial charge < -0.3 is 35.4 Å².